The molecule has 2 aromatic rings. The number of halogens is 1. The maximum Gasteiger partial charge on any atom is 0.236 e. The van der Waals surface area contributed by atoms with Crippen LogP contribution in [0.2, 0.25) is 0 Å². The van der Waals surface area contributed by atoms with E-state index in [1.165, 1.54) is 12.1 Å². The summed E-state index contributed by atoms with van der Waals surface area (Å²) in [4.78, 5) is 18.5. The molecular weight excluding hydrogens is 429 g/mol. The number of carbonyl (C=O) groups is 1. The second-order valence-electron chi connectivity index (χ2n) is 5.24. The molecule has 12 nitrogen and oxygen atoms in total. The molecule has 0 spiro atoms. The Morgan fingerprint density at radius 2 is 2.21 bits per heavy atom. The van der Waals surface area contributed by atoms with E-state index in [1.54, 1.807) is 0 Å². The van der Waals surface area contributed by atoms with Crippen molar-refractivity contribution in [1.82, 2.24) is 21.1 Å². The Bertz CT molecular complexity index is 1060. The third-order valence-corrected chi connectivity index (χ3v) is 4.69. The molecule has 0 aliphatic rings. The van der Waals surface area contributed by atoms with E-state index < -0.39 is 27.5 Å². The average Bonchev–Trinajstić information content (AvgIpc) is 3.11. The Balaban J connectivity index is 2.05. The van der Waals surface area contributed by atoms with Crippen molar-refractivity contribution < 1.29 is 27.4 Å². The van der Waals surface area contributed by atoms with Crippen LogP contribution in [-0.4, -0.2) is 53.7 Å². The summed E-state index contributed by atoms with van der Waals surface area (Å²) < 4.78 is 39.7. The van der Waals surface area contributed by atoms with Gasteiger partial charge in [0, 0.05) is 12.3 Å². The van der Waals surface area contributed by atoms with Gasteiger partial charge in [0.25, 0.3) is 0 Å². The van der Waals surface area contributed by atoms with E-state index in [9.17, 15) is 22.8 Å². The highest BCUT2D eigenvalue weighted by Gasteiger charge is 2.18. The highest BCUT2D eigenvalue weighted by Crippen LogP contribution is 2.25. The van der Waals surface area contributed by atoms with Gasteiger partial charge in [-0.05, 0) is 28.5 Å². The highest BCUT2D eigenvalue weighted by atomic mass is 32.2. The molecular formula is C14H14FN7O5S2. The van der Waals surface area contributed by atoms with Crippen LogP contribution >= 0.6 is 11.8 Å². The Morgan fingerprint density at radius 1 is 1.45 bits per heavy atom. The summed E-state index contributed by atoms with van der Waals surface area (Å²) in [6.07, 6.45) is 0. The van der Waals surface area contributed by atoms with Crippen molar-refractivity contribution in [2.75, 3.05) is 18.1 Å². The van der Waals surface area contributed by atoms with Crippen LogP contribution in [0.25, 0.3) is 4.85 Å². The van der Waals surface area contributed by atoms with Gasteiger partial charge in [0.1, 0.15) is 11.6 Å². The van der Waals surface area contributed by atoms with Gasteiger partial charge in [-0.3, -0.25) is 15.5 Å². The largest absolute Gasteiger partial charge is 0.354 e. The normalized spacial score (nSPS) is 11.7. The molecule has 1 heterocycles. The van der Waals surface area contributed by atoms with E-state index in [2.05, 4.69) is 30.1 Å². The van der Waals surface area contributed by atoms with Crippen molar-refractivity contribution in [2.24, 2.45) is 10.1 Å². The number of nitrogens with two attached hydrogens (primary N) is 1. The molecule has 0 fully saturated rings. The maximum atomic E-state index is 13.4. The van der Waals surface area contributed by atoms with Crippen LogP contribution < -0.4 is 15.9 Å². The summed E-state index contributed by atoms with van der Waals surface area (Å²) in [5.74, 6) is -2.20. The van der Waals surface area contributed by atoms with E-state index in [1.807, 2.05) is 5.48 Å². The molecule has 0 saturated carbocycles. The smallest absolute Gasteiger partial charge is 0.236 e. The number of sulfonamides is 1. The van der Waals surface area contributed by atoms with E-state index in [0.29, 0.717) is 0 Å². The van der Waals surface area contributed by atoms with Crippen molar-refractivity contribution in [2.45, 2.75) is 5.03 Å². The zero-order valence-corrected chi connectivity index (χ0v) is 16.1. The fourth-order valence-corrected chi connectivity index (χ4v) is 3.13. The minimum Gasteiger partial charge on any atom is -0.354 e. The zero-order chi connectivity index (χ0) is 21.4. The van der Waals surface area contributed by atoms with E-state index in [0.717, 1.165) is 17.8 Å². The number of benzene rings is 1. The van der Waals surface area contributed by atoms with Gasteiger partial charge >= 0.3 is 0 Å². The molecule has 0 bridgehead atoms. The minimum absolute atomic E-state index is 0.0297. The van der Waals surface area contributed by atoms with Gasteiger partial charge in [-0.1, -0.05) is 11.8 Å². The van der Waals surface area contributed by atoms with Crippen LogP contribution in [0.1, 0.15) is 5.69 Å². The summed E-state index contributed by atoms with van der Waals surface area (Å²) in [6.45, 7) is 7.01. The van der Waals surface area contributed by atoms with Gasteiger partial charge in [0.15, 0.2) is 16.6 Å². The fourth-order valence-electron chi connectivity index (χ4n) is 1.91. The molecule has 0 aliphatic carbocycles. The number of amides is 1. The minimum atomic E-state index is -3.91. The predicted octanol–water partition coefficient (Wildman–Crippen LogP) is 0.313. The third kappa shape index (κ3) is 6.80. The molecule has 0 atom stereocenters. The number of hydrogen-bond acceptors (Lipinski definition) is 9. The molecule has 29 heavy (non-hydrogen) atoms. The molecule has 0 aliphatic heterocycles. The van der Waals surface area contributed by atoms with Crippen LogP contribution in [0.4, 0.5) is 15.8 Å². The lowest BCUT2D eigenvalue weighted by atomic mass is 10.2. The quantitative estimate of drug-likeness (QED) is 0.112. The molecule has 0 saturated heterocycles. The molecule has 5 N–H and O–H groups in total. The Morgan fingerprint density at radius 3 is 2.86 bits per heavy atom. The van der Waals surface area contributed by atoms with Crippen molar-refractivity contribution >= 4 is 44.9 Å². The van der Waals surface area contributed by atoms with Crippen molar-refractivity contribution in [1.29, 1.82) is 0 Å². The number of amidine groups is 1. The standard InChI is InChI=1S/C14H14FN7O5S2/c1-17-10-6-8(2-3-9(10)15)19-13(20-24)12-14(22-27-21-12)28-5-4-18-11(23)7-29(16,25)26/h2-3,6,24H,4-5,7H2,(H,18,23)(H,19,20)(H2,16,25,26). The molecule has 1 aromatic carbocycles. The summed E-state index contributed by atoms with van der Waals surface area (Å²) in [6, 6.07) is 3.53. The molecule has 0 unspecified atom stereocenters. The highest BCUT2D eigenvalue weighted by molar-refractivity contribution is 7.99. The summed E-state index contributed by atoms with van der Waals surface area (Å²) in [5, 5.41) is 24.0. The monoisotopic (exact) mass is 443 g/mol. The van der Waals surface area contributed by atoms with Crippen molar-refractivity contribution in [3.8, 4) is 0 Å². The van der Waals surface area contributed by atoms with Gasteiger partial charge in [-0.15, -0.1) is 0 Å². The van der Waals surface area contributed by atoms with Gasteiger partial charge < -0.3 is 5.32 Å². The van der Waals surface area contributed by atoms with Crippen molar-refractivity contribution in [3.05, 3.63) is 41.1 Å². The molecule has 0 radical (unpaired) electrons. The summed E-state index contributed by atoms with van der Waals surface area (Å²) >= 11 is 1.07. The van der Waals surface area contributed by atoms with E-state index in [-0.39, 0.29) is 40.2 Å². The SMILES string of the molecule is [C-]#[N+]c1cc(N=C(NO)c2nonc2SCCNC(=O)CS(N)(=O)=O)ccc1F. The summed E-state index contributed by atoms with van der Waals surface area (Å²) in [5.41, 5.74) is 1.79. The first kappa shape index (κ1) is 22.2. The lowest BCUT2D eigenvalue weighted by Crippen LogP contribution is -2.34. The topological polar surface area (TPSA) is 177 Å². The lowest BCUT2D eigenvalue weighted by Gasteiger charge is -2.05. The number of primary sulfonamides is 1. The number of carbonyl (C=O) groups excluding carboxylic acids is 1. The first-order valence-corrected chi connectivity index (χ1v) is 10.3. The number of rotatable bonds is 8. The Labute approximate surface area is 168 Å². The number of nitrogens with zero attached hydrogens (tertiary/aromatic N) is 4. The Kier molecular flexibility index (Phi) is 7.61. The number of aliphatic imine (C=N–C) groups is 1. The van der Waals surface area contributed by atoms with E-state index >= 15 is 0 Å². The van der Waals surface area contributed by atoms with Gasteiger partial charge in [0.05, 0.1) is 12.3 Å². The lowest BCUT2D eigenvalue weighted by molar-refractivity contribution is -0.118. The van der Waals surface area contributed by atoms with Gasteiger partial charge in [-0.25, -0.2) is 32.4 Å². The van der Waals surface area contributed by atoms with Crippen LogP contribution in [0, 0.1) is 12.4 Å². The van der Waals surface area contributed by atoms with Crippen LogP contribution in [0.15, 0.2) is 32.8 Å². The van der Waals surface area contributed by atoms with Gasteiger partial charge in [0.2, 0.25) is 21.6 Å². The molecule has 1 amide bonds. The van der Waals surface area contributed by atoms with Crippen molar-refractivity contribution in [3.63, 3.8) is 0 Å². The first-order valence-electron chi connectivity index (χ1n) is 7.62. The van der Waals surface area contributed by atoms with Gasteiger partial charge in [-0.2, -0.15) is 0 Å². The van der Waals surface area contributed by atoms with E-state index in [4.69, 9.17) is 11.7 Å². The second-order valence-corrected chi connectivity index (χ2v) is 7.94. The second kappa shape index (κ2) is 9.93. The Hall–Kier alpha value is -3.06. The zero-order valence-electron chi connectivity index (χ0n) is 14.5. The molecule has 15 heteroatoms. The number of aromatic nitrogens is 2. The van der Waals surface area contributed by atoms with Crippen LogP contribution in [0.5, 0.6) is 0 Å². The van der Waals surface area contributed by atoms with Crippen LogP contribution in [0.3, 0.4) is 0 Å². The predicted molar refractivity (Wildman–Crippen MR) is 99.8 cm³/mol. The number of nitrogens with one attached hydrogen (secondary N) is 2. The third-order valence-electron chi connectivity index (χ3n) is 3.07. The average molecular weight is 443 g/mol. The molecule has 2 rings (SSSR count). The first-order chi connectivity index (χ1) is 13.7. The number of hydroxylamine groups is 1. The summed E-state index contributed by atoms with van der Waals surface area (Å²) in [7, 11) is -3.91. The number of hydrogen-bond donors (Lipinski definition) is 4. The van der Waals surface area contributed by atoms with Crippen LogP contribution in [-0.2, 0) is 14.8 Å². The maximum absolute atomic E-state index is 13.4. The molecule has 1 aromatic heterocycles. The fraction of sp³-hybridized carbons (Fsp3) is 0.214. The molecule has 154 valence electrons. The number of thioether (sulfide) groups is 1.